The summed E-state index contributed by atoms with van der Waals surface area (Å²) in [6, 6.07) is 3.65. The first-order chi connectivity index (χ1) is 7.95. The van der Waals surface area contributed by atoms with E-state index in [-0.39, 0.29) is 24.2 Å². The smallest absolute Gasteiger partial charge is 0.252 e. The average Bonchev–Trinajstić information content (AvgIpc) is 3.04. The van der Waals surface area contributed by atoms with Crippen molar-refractivity contribution in [3.63, 3.8) is 0 Å². The van der Waals surface area contributed by atoms with Gasteiger partial charge in [0.05, 0.1) is 5.69 Å². The van der Waals surface area contributed by atoms with Gasteiger partial charge in [-0.2, -0.15) is 0 Å². The van der Waals surface area contributed by atoms with Crippen molar-refractivity contribution in [1.82, 2.24) is 0 Å². The van der Waals surface area contributed by atoms with E-state index < -0.39 is 23.6 Å². The number of amides is 1. The molecule has 1 aliphatic rings. The van der Waals surface area contributed by atoms with Crippen molar-refractivity contribution in [1.29, 1.82) is 0 Å². The van der Waals surface area contributed by atoms with Gasteiger partial charge in [0, 0.05) is 5.69 Å². The maximum Gasteiger partial charge on any atom is 0.252 e. The van der Waals surface area contributed by atoms with Crippen LogP contribution >= 0.6 is 0 Å². The summed E-state index contributed by atoms with van der Waals surface area (Å²) < 4.78 is 38.3. The van der Waals surface area contributed by atoms with E-state index in [4.69, 9.17) is 5.73 Å². The molecule has 0 atom stereocenters. The molecule has 1 fully saturated rings. The summed E-state index contributed by atoms with van der Waals surface area (Å²) in [4.78, 5) is 11.6. The lowest BCUT2D eigenvalue weighted by Gasteiger charge is -2.14. The minimum atomic E-state index is -2.69. The standard InChI is InChI=1S/C11H11F3N2O/c12-7-5-6(1-2-8(7)15)16-10(17)11(3-4-11)9(13)14/h1-2,5,9H,3-4,15H2,(H,16,17). The van der Waals surface area contributed by atoms with Gasteiger partial charge in [-0.1, -0.05) is 0 Å². The number of anilines is 2. The Bertz CT molecular complexity index is 458. The number of carbonyl (C=O) groups excluding carboxylic acids is 1. The molecule has 1 aromatic carbocycles. The van der Waals surface area contributed by atoms with E-state index in [1.165, 1.54) is 12.1 Å². The molecule has 0 heterocycles. The fraction of sp³-hybridized carbons (Fsp3) is 0.364. The zero-order chi connectivity index (χ0) is 12.6. The molecule has 0 bridgehead atoms. The minimum Gasteiger partial charge on any atom is -0.396 e. The number of nitrogens with two attached hydrogens (primary N) is 1. The summed E-state index contributed by atoms with van der Waals surface area (Å²) in [6.07, 6.45) is -2.37. The van der Waals surface area contributed by atoms with Crippen molar-refractivity contribution < 1.29 is 18.0 Å². The summed E-state index contributed by atoms with van der Waals surface area (Å²) >= 11 is 0. The Hall–Kier alpha value is -1.72. The summed E-state index contributed by atoms with van der Waals surface area (Å²) in [5.41, 5.74) is 3.75. The van der Waals surface area contributed by atoms with E-state index in [2.05, 4.69) is 5.32 Å². The van der Waals surface area contributed by atoms with Crippen LogP contribution in [0, 0.1) is 11.2 Å². The van der Waals surface area contributed by atoms with E-state index in [1.807, 2.05) is 0 Å². The van der Waals surface area contributed by atoms with Crippen molar-refractivity contribution in [2.75, 3.05) is 11.1 Å². The van der Waals surface area contributed by atoms with Crippen LogP contribution in [0.15, 0.2) is 18.2 Å². The molecule has 0 aromatic heterocycles. The molecule has 0 saturated heterocycles. The number of alkyl halides is 2. The highest BCUT2D eigenvalue weighted by atomic mass is 19.3. The predicted molar refractivity (Wildman–Crippen MR) is 57.1 cm³/mol. The van der Waals surface area contributed by atoms with Gasteiger partial charge in [-0.3, -0.25) is 4.79 Å². The molecule has 0 spiro atoms. The molecule has 17 heavy (non-hydrogen) atoms. The van der Waals surface area contributed by atoms with Gasteiger partial charge in [0.15, 0.2) is 0 Å². The molecular weight excluding hydrogens is 233 g/mol. The third kappa shape index (κ3) is 2.07. The Kier molecular flexibility index (Phi) is 2.73. The molecule has 1 aromatic rings. The molecule has 3 nitrogen and oxygen atoms in total. The van der Waals surface area contributed by atoms with Crippen molar-refractivity contribution >= 4 is 17.3 Å². The quantitative estimate of drug-likeness (QED) is 0.802. The summed E-state index contributed by atoms with van der Waals surface area (Å²) in [7, 11) is 0. The topological polar surface area (TPSA) is 55.1 Å². The normalized spacial score (nSPS) is 16.9. The monoisotopic (exact) mass is 244 g/mol. The van der Waals surface area contributed by atoms with Gasteiger partial charge in [-0.05, 0) is 31.0 Å². The molecule has 1 amide bonds. The van der Waals surface area contributed by atoms with Crippen LogP contribution in [0.3, 0.4) is 0 Å². The highest BCUT2D eigenvalue weighted by molar-refractivity contribution is 5.97. The minimum absolute atomic E-state index is 0.0574. The first-order valence-electron chi connectivity index (χ1n) is 5.10. The lowest BCUT2D eigenvalue weighted by atomic mass is 10.1. The Morgan fingerprint density at radius 2 is 2.06 bits per heavy atom. The van der Waals surface area contributed by atoms with Gasteiger partial charge in [0.25, 0.3) is 6.43 Å². The number of nitrogen functional groups attached to an aromatic ring is 1. The molecule has 92 valence electrons. The number of halogens is 3. The van der Waals surface area contributed by atoms with Crippen molar-refractivity contribution in [2.24, 2.45) is 5.41 Å². The SMILES string of the molecule is Nc1ccc(NC(=O)C2(C(F)F)CC2)cc1F. The lowest BCUT2D eigenvalue weighted by molar-refractivity contribution is -0.126. The average molecular weight is 244 g/mol. The largest absolute Gasteiger partial charge is 0.396 e. The maximum atomic E-state index is 13.1. The molecule has 2 rings (SSSR count). The fourth-order valence-electron chi connectivity index (χ4n) is 1.54. The molecule has 1 saturated carbocycles. The van der Waals surface area contributed by atoms with Gasteiger partial charge < -0.3 is 11.1 Å². The van der Waals surface area contributed by atoms with Crippen molar-refractivity contribution in [3.8, 4) is 0 Å². The zero-order valence-electron chi connectivity index (χ0n) is 8.84. The van der Waals surface area contributed by atoms with Crippen LogP contribution in [0.5, 0.6) is 0 Å². The zero-order valence-corrected chi connectivity index (χ0v) is 8.84. The number of hydrogen-bond donors (Lipinski definition) is 2. The Labute approximate surface area is 95.8 Å². The second-order valence-electron chi connectivity index (χ2n) is 4.15. The van der Waals surface area contributed by atoms with E-state index in [9.17, 15) is 18.0 Å². The molecule has 0 radical (unpaired) electrons. The van der Waals surface area contributed by atoms with Gasteiger partial charge in [0.2, 0.25) is 5.91 Å². The number of carbonyl (C=O) groups is 1. The second-order valence-corrected chi connectivity index (χ2v) is 4.15. The van der Waals surface area contributed by atoms with Crippen molar-refractivity contribution in [3.05, 3.63) is 24.0 Å². The van der Waals surface area contributed by atoms with Gasteiger partial charge >= 0.3 is 0 Å². The first-order valence-corrected chi connectivity index (χ1v) is 5.10. The molecule has 0 unspecified atom stereocenters. The Balaban J connectivity index is 2.11. The van der Waals surface area contributed by atoms with E-state index >= 15 is 0 Å². The number of benzene rings is 1. The Morgan fingerprint density at radius 1 is 1.41 bits per heavy atom. The fourth-order valence-corrected chi connectivity index (χ4v) is 1.54. The van der Waals surface area contributed by atoms with Gasteiger partial charge in [-0.25, -0.2) is 13.2 Å². The van der Waals surface area contributed by atoms with Crippen LogP contribution in [-0.4, -0.2) is 12.3 Å². The van der Waals surface area contributed by atoms with Crippen LogP contribution in [0.4, 0.5) is 24.5 Å². The Morgan fingerprint density at radius 3 is 2.53 bits per heavy atom. The summed E-state index contributed by atoms with van der Waals surface area (Å²) in [6.45, 7) is 0. The molecular formula is C11H11F3N2O. The number of hydrogen-bond acceptors (Lipinski definition) is 2. The first kappa shape index (κ1) is 11.8. The molecule has 1 aliphatic carbocycles. The second kappa shape index (κ2) is 3.94. The predicted octanol–water partition coefficient (Wildman–Crippen LogP) is 2.39. The third-order valence-corrected chi connectivity index (χ3v) is 2.92. The number of rotatable bonds is 3. The molecule has 3 N–H and O–H groups in total. The number of nitrogens with one attached hydrogen (secondary N) is 1. The summed E-state index contributed by atoms with van der Waals surface area (Å²) in [5.74, 6) is -1.46. The van der Waals surface area contributed by atoms with Crippen LogP contribution in [0.25, 0.3) is 0 Å². The third-order valence-electron chi connectivity index (χ3n) is 2.92. The van der Waals surface area contributed by atoms with Crippen molar-refractivity contribution in [2.45, 2.75) is 19.3 Å². The van der Waals surface area contributed by atoms with Crippen LogP contribution in [0.2, 0.25) is 0 Å². The lowest BCUT2D eigenvalue weighted by Crippen LogP contribution is -2.30. The van der Waals surface area contributed by atoms with Crippen LogP contribution in [-0.2, 0) is 4.79 Å². The van der Waals surface area contributed by atoms with Gasteiger partial charge in [-0.15, -0.1) is 0 Å². The van der Waals surface area contributed by atoms with Crippen LogP contribution < -0.4 is 11.1 Å². The highest BCUT2D eigenvalue weighted by Gasteiger charge is 2.57. The molecule has 6 heteroatoms. The van der Waals surface area contributed by atoms with E-state index in [1.54, 1.807) is 0 Å². The van der Waals surface area contributed by atoms with E-state index in [0.717, 1.165) is 6.07 Å². The molecule has 0 aliphatic heterocycles. The van der Waals surface area contributed by atoms with Crippen LogP contribution in [0.1, 0.15) is 12.8 Å². The maximum absolute atomic E-state index is 13.1. The van der Waals surface area contributed by atoms with E-state index in [0.29, 0.717) is 0 Å². The summed E-state index contributed by atoms with van der Waals surface area (Å²) in [5, 5.41) is 2.28. The highest BCUT2D eigenvalue weighted by Crippen LogP contribution is 2.51. The van der Waals surface area contributed by atoms with Gasteiger partial charge in [0.1, 0.15) is 11.2 Å².